The summed E-state index contributed by atoms with van der Waals surface area (Å²) in [5.41, 5.74) is 4.78. The molecule has 2 amide bonds. The Hall–Kier alpha value is -4.10. The molecule has 1 aliphatic rings. The number of anilines is 1. The van der Waals surface area contributed by atoms with Gasteiger partial charge < -0.3 is 14.6 Å². The summed E-state index contributed by atoms with van der Waals surface area (Å²) in [6, 6.07) is 21.7. The number of aryl methyl sites for hydroxylation is 1. The number of hydrogen-bond acceptors (Lipinski definition) is 5. The number of aromatic nitrogens is 2. The van der Waals surface area contributed by atoms with E-state index in [1.807, 2.05) is 68.4 Å². The molecule has 0 bridgehead atoms. The lowest BCUT2D eigenvalue weighted by Crippen LogP contribution is -2.46. The van der Waals surface area contributed by atoms with Crippen molar-refractivity contribution in [3.8, 4) is 17.1 Å². The summed E-state index contributed by atoms with van der Waals surface area (Å²) in [5.74, 6) is 1.46. The standard InChI is InChI=1S/C27H23ClN4O3/c1-16-10-12-18(13-11-16)25-30-26(35-31-25)23-17(2)32(21-8-5-7-20(28)15-21)27(33)29-24(23)19-6-4-9-22(14-19)34-3/h4-15,24H,1-3H3,(H,29,33). The molecule has 7 nitrogen and oxygen atoms in total. The van der Waals surface area contributed by atoms with Crippen molar-refractivity contribution >= 4 is 28.9 Å². The topological polar surface area (TPSA) is 80.5 Å². The molecule has 1 N–H and O–H groups in total. The van der Waals surface area contributed by atoms with Gasteiger partial charge in [0.15, 0.2) is 0 Å². The number of hydrogen-bond donors (Lipinski definition) is 1. The second kappa shape index (κ2) is 9.27. The van der Waals surface area contributed by atoms with Crippen LogP contribution < -0.4 is 15.0 Å². The minimum atomic E-state index is -0.528. The number of nitrogens with one attached hydrogen (secondary N) is 1. The fraction of sp³-hybridized carbons (Fsp3) is 0.148. The van der Waals surface area contributed by atoms with Crippen molar-refractivity contribution in [1.29, 1.82) is 0 Å². The van der Waals surface area contributed by atoms with Crippen molar-refractivity contribution in [2.75, 3.05) is 12.0 Å². The Labute approximate surface area is 208 Å². The normalized spacial score (nSPS) is 15.8. The maximum atomic E-state index is 13.3. The van der Waals surface area contributed by atoms with Gasteiger partial charge in [-0.3, -0.25) is 4.90 Å². The van der Waals surface area contributed by atoms with Crippen LogP contribution in [0.5, 0.6) is 5.75 Å². The van der Waals surface area contributed by atoms with E-state index in [1.54, 1.807) is 30.2 Å². The van der Waals surface area contributed by atoms with E-state index in [4.69, 9.17) is 25.8 Å². The van der Waals surface area contributed by atoms with Gasteiger partial charge in [0.05, 0.1) is 24.4 Å². The number of allylic oxidation sites excluding steroid dienone is 1. The third kappa shape index (κ3) is 4.38. The van der Waals surface area contributed by atoms with E-state index in [1.165, 1.54) is 0 Å². The Morgan fingerprint density at radius 3 is 2.54 bits per heavy atom. The van der Waals surface area contributed by atoms with Gasteiger partial charge in [-0.15, -0.1) is 0 Å². The molecule has 0 saturated heterocycles. The molecular formula is C27H23ClN4O3. The third-order valence-electron chi connectivity index (χ3n) is 5.94. The minimum Gasteiger partial charge on any atom is -0.497 e. The first-order chi connectivity index (χ1) is 16.9. The highest BCUT2D eigenvalue weighted by atomic mass is 35.5. The van der Waals surface area contributed by atoms with Gasteiger partial charge in [-0.2, -0.15) is 4.98 Å². The molecule has 35 heavy (non-hydrogen) atoms. The number of halogens is 1. The van der Waals surface area contributed by atoms with Crippen molar-refractivity contribution in [3.05, 3.63) is 101 Å². The maximum Gasteiger partial charge on any atom is 0.326 e. The summed E-state index contributed by atoms with van der Waals surface area (Å²) < 4.78 is 11.2. The SMILES string of the molecule is COc1cccc(C2NC(=O)N(c3cccc(Cl)c3)C(C)=C2c2nc(-c3ccc(C)cc3)no2)c1. The fourth-order valence-corrected chi connectivity index (χ4v) is 4.35. The van der Waals surface area contributed by atoms with Gasteiger partial charge in [0.2, 0.25) is 5.82 Å². The average Bonchev–Trinajstić information content (AvgIpc) is 3.34. The zero-order valence-corrected chi connectivity index (χ0v) is 20.2. The van der Waals surface area contributed by atoms with Crippen molar-refractivity contribution < 1.29 is 14.1 Å². The first kappa shape index (κ1) is 22.7. The number of benzene rings is 3. The van der Waals surface area contributed by atoms with Crippen LogP contribution in [-0.2, 0) is 0 Å². The van der Waals surface area contributed by atoms with Gasteiger partial charge in [-0.25, -0.2) is 4.79 Å². The second-order valence-electron chi connectivity index (χ2n) is 8.26. The van der Waals surface area contributed by atoms with Crippen LogP contribution in [0.1, 0.15) is 30.0 Å². The van der Waals surface area contributed by atoms with Crippen molar-refractivity contribution in [2.24, 2.45) is 0 Å². The zero-order valence-electron chi connectivity index (χ0n) is 19.4. The van der Waals surface area contributed by atoms with Gasteiger partial charge in [0.25, 0.3) is 5.89 Å². The third-order valence-corrected chi connectivity index (χ3v) is 6.18. The van der Waals surface area contributed by atoms with Crippen LogP contribution in [0.4, 0.5) is 10.5 Å². The number of amides is 2. The molecule has 0 saturated carbocycles. The first-order valence-electron chi connectivity index (χ1n) is 11.1. The largest absolute Gasteiger partial charge is 0.497 e. The summed E-state index contributed by atoms with van der Waals surface area (Å²) in [6.45, 7) is 3.88. The summed E-state index contributed by atoms with van der Waals surface area (Å²) in [6.07, 6.45) is 0. The van der Waals surface area contributed by atoms with Crippen LogP contribution >= 0.6 is 11.6 Å². The van der Waals surface area contributed by atoms with E-state index >= 15 is 0 Å². The van der Waals surface area contributed by atoms with E-state index < -0.39 is 6.04 Å². The number of methoxy groups -OCH3 is 1. The molecular weight excluding hydrogens is 464 g/mol. The molecule has 8 heteroatoms. The smallest absolute Gasteiger partial charge is 0.326 e. The molecule has 0 radical (unpaired) electrons. The Morgan fingerprint density at radius 2 is 1.80 bits per heavy atom. The average molecular weight is 487 g/mol. The minimum absolute atomic E-state index is 0.292. The van der Waals surface area contributed by atoms with Crippen LogP contribution in [0.15, 0.2) is 83.0 Å². The van der Waals surface area contributed by atoms with Crippen molar-refractivity contribution in [2.45, 2.75) is 19.9 Å². The Balaban J connectivity index is 1.66. The molecule has 176 valence electrons. The van der Waals surface area contributed by atoms with Crippen molar-refractivity contribution in [1.82, 2.24) is 15.5 Å². The maximum absolute atomic E-state index is 13.3. The molecule has 0 aliphatic carbocycles. The van der Waals surface area contributed by atoms with Crippen molar-refractivity contribution in [3.63, 3.8) is 0 Å². The fourth-order valence-electron chi connectivity index (χ4n) is 4.17. The number of ether oxygens (including phenoxy) is 1. The molecule has 0 fully saturated rings. The first-order valence-corrected chi connectivity index (χ1v) is 11.4. The lowest BCUT2D eigenvalue weighted by molar-refractivity contribution is 0.244. The van der Waals surface area contributed by atoms with Crippen LogP contribution in [-0.4, -0.2) is 23.3 Å². The number of rotatable bonds is 5. The highest BCUT2D eigenvalue weighted by Crippen LogP contribution is 2.40. The summed E-state index contributed by atoms with van der Waals surface area (Å²) in [4.78, 5) is 19.6. The molecule has 1 atom stereocenters. The van der Waals surface area contributed by atoms with E-state index in [0.717, 1.165) is 16.7 Å². The quantitative estimate of drug-likeness (QED) is 0.352. The molecule has 2 heterocycles. The van der Waals surface area contributed by atoms with Crippen LogP contribution in [0.2, 0.25) is 5.02 Å². The molecule has 1 aromatic heterocycles. The summed E-state index contributed by atoms with van der Waals surface area (Å²) in [5, 5.41) is 7.84. The molecule has 0 spiro atoms. The monoisotopic (exact) mass is 486 g/mol. The molecule has 1 unspecified atom stereocenters. The Morgan fingerprint density at radius 1 is 1.03 bits per heavy atom. The summed E-state index contributed by atoms with van der Waals surface area (Å²) in [7, 11) is 1.60. The lowest BCUT2D eigenvalue weighted by Gasteiger charge is -2.35. The molecule has 5 rings (SSSR count). The predicted octanol–water partition coefficient (Wildman–Crippen LogP) is 6.41. The van der Waals surface area contributed by atoms with Crippen LogP contribution in [0.3, 0.4) is 0 Å². The van der Waals surface area contributed by atoms with E-state index in [9.17, 15) is 4.79 Å². The Kier molecular flexibility index (Phi) is 6.01. The Bertz CT molecular complexity index is 1430. The highest BCUT2D eigenvalue weighted by molar-refractivity contribution is 6.31. The summed E-state index contributed by atoms with van der Waals surface area (Å²) >= 11 is 6.22. The van der Waals surface area contributed by atoms with Gasteiger partial charge >= 0.3 is 6.03 Å². The highest BCUT2D eigenvalue weighted by Gasteiger charge is 2.36. The lowest BCUT2D eigenvalue weighted by atomic mass is 9.94. The molecule has 4 aromatic rings. The van der Waals surface area contributed by atoms with Crippen LogP contribution in [0.25, 0.3) is 17.0 Å². The molecule has 1 aliphatic heterocycles. The number of carbonyl (C=O) groups excluding carboxylic acids is 1. The number of nitrogens with zero attached hydrogens (tertiary/aromatic N) is 3. The number of carbonyl (C=O) groups is 1. The van der Waals surface area contributed by atoms with E-state index in [2.05, 4.69) is 10.5 Å². The van der Waals surface area contributed by atoms with Gasteiger partial charge in [0, 0.05) is 16.3 Å². The van der Waals surface area contributed by atoms with Gasteiger partial charge in [-0.1, -0.05) is 64.8 Å². The second-order valence-corrected chi connectivity index (χ2v) is 8.70. The number of urea groups is 1. The predicted molar refractivity (Wildman–Crippen MR) is 135 cm³/mol. The van der Waals surface area contributed by atoms with Gasteiger partial charge in [0.1, 0.15) is 5.75 Å². The zero-order chi connectivity index (χ0) is 24.5. The van der Waals surface area contributed by atoms with E-state index in [-0.39, 0.29) is 6.03 Å². The molecule has 3 aromatic carbocycles. The van der Waals surface area contributed by atoms with Gasteiger partial charge in [-0.05, 0) is 49.7 Å². The van der Waals surface area contributed by atoms with E-state index in [0.29, 0.717) is 39.4 Å². The van der Waals surface area contributed by atoms with Crippen LogP contribution in [0, 0.1) is 6.92 Å².